The van der Waals surface area contributed by atoms with Gasteiger partial charge in [-0.3, -0.25) is 4.79 Å². The molecule has 2 heterocycles. The Morgan fingerprint density at radius 2 is 2.26 bits per heavy atom. The lowest BCUT2D eigenvalue weighted by molar-refractivity contribution is 0.484. The van der Waals surface area contributed by atoms with E-state index in [2.05, 4.69) is 15.3 Å². The second-order valence-corrected chi connectivity index (χ2v) is 4.66. The van der Waals surface area contributed by atoms with Crippen LogP contribution in [-0.4, -0.2) is 16.5 Å². The third kappa shape index (κ3) is 3.32. The molecule has 0 spiro atoms. The molecule has 0 amide bonds. The predicted molar refractivity (Wildman–Crippen MR) is 73.2 cm³/mol. The molecule has 0 aliphatic carbocycles. The van der Waals surface area contributed by atoms with Crippen LogP contribution in [0.1, 0.15) is 35.8 Å². The number of furan rings is 1. The molecule has 5 heteroatoms. The van der Waals surface area contributed by atoms with Gasteiger partial charge in [-0.2, -0.15) is 0 Å². The maximum absolute atomic E-state index is 11.9. The molecule has 0 bridgehead atoms. The molecular formula is C14H19N3O2. The minimum atomic E-state index is -0.0667. The van der Waals surface area contributed by atoms with E-state index in [0.717, 1.165) is 24.4 Å². The van der Waals surface area contributed by atoms with Crippen molar-refractivity contribution in [3.63, 3.8) is 0 Å². The zero-order valence-corrected chi connectivity index (χ0v) is 11.5. The topological polar surface area (TPSA) is 70.9 Å². The van der Waals surface area contributed by atoms with Crippen LogP contribution in [0.25, 0.3) is 0 Å². The van der Waals surface area contributed by atoms with E-state index >= 15 is 0 Å². The molecular weight excluding hydrogens is 242 g/mol. The zero-order chi connectivity index (χ0) is 13.8. The van der Waals surface area contributed by atoms with Crippen LogP contribution in [0.5, 0.6) is 0 Å². The summed E-state index contributed by atoms with van der Waals surface area (Å²) in [7, 11) is 0. The van der Waals surface area contributed by atoms with Crippen LogP contribution in [0.15, 0.2) is 27.6 Å². The SMILES string of the molecule is Cc1nc(C)c(C(C)NCCc2ccco2)c(=O)[nH]1. The van der Waals surface area contributed by atoms with Crippen molar-refractivity contribution in [2.24, 2.45) is 0 Å². The van der Waals surface area contributed by atoms with Gasteiger partial charge in [-0.05, 0) is 32.9 Å². The lowest BCUT2D eigenvalue weighted by Gasteiger charge is -2.15. The number of aryl methyl sites for hydroxylation is 2. The van der Waals surface area contributed by atoms with Gasteiger partial charge in [-0.1, -0.05) is 0 Å². The third-order valence-electron chi connectivity index (χ3n) is 3.10. The first-order chi connectivity index (χ1) is 9.08. The highest BCUT2D eigenvalue weighted by molar-refractivity contribution is 5.20. The Morgan fingerprint density at radius 3 is 2.89 bits per heavy atom. The summed E-state index contributed by atoms with van der Waals surface area (Å²) in [5.41, 5.74) is 1.41. The van der Waals surface area contributed by atoms with E-state index in [-0.39, 0.29) is 11.6 Å². The van der Waals surface area contributed by atoms with Gasteiger partial charge in [0.1, 0.15) is 11.6 Å². The molecule has 2 rings (SSSR count). The Hall–Kier alpha value is -1.88. The molecule has 1 atom stereocenters. The number of aromatic amines is 1. The fourth-order valence-electron chi connectivity index (χ4n) is 2.21. The first-order valence-corrected chi connectivity index (χ1v) is 6.41. The molecule has 1 unspecified atom stereocenters. The van der Waals surface area contributed by atoms with Gasteiger partial charge in [-0.25, -0.2) is 4.98 Å². The van der Waals surface area contributed by atoms with Gasteiger partial charge in [0.2, 0.25) is 0 Å². The quantitative estimate of drug-likeness (QED) is 0.862. The normalized spacial score (nSPS) is 12.6. The van der Waals surface area contributed by atoms with Crippen LogP contribution in [0, 0.1) is 13.8 Å². The van der Waals surface area contributed by atoms with E-state index < -0.39 is 0 Å². The maximum Gasteiger partial charge on any atom is 0.255 e. The Balaban J connectivity index is 2.00. The molecule has 2 N–H and O–H groups in total. The Bertz CT molecular complexity index is 587. The highest BCUT2D eigenvalue weighted by Gasteiger charge is 2.13. The highest BCUT2D eigenvalue weighted by Crippen LogP contribution is 2.10. The summed E-state index contributed by atoms with van der Waals surface area (Å²) in [4.78, 5) is 19.0. The summed E-state index contributed by atoms with van der Waals surface area (Å²) in [6.07, 6.45) is 2.46. The van der Waals surface area contributed by atoms with Crippen molar-refractivity contribution in [2.75, 3.05) is 6.54 Å². The van der Waals surface area contributed by atoms with Crippen molar-refractivity contribution in [2.45, 2.75) is 33.2 Å². The summed E-state index contributed by atoms with van der Waals surface area (Å²) < 4.78 is 5.26. The van der Waals surface area contributed by atoms with Crippen LogP contribution >= 0.6 is 0 Å². The molecule has 102 valence electrons. The lowest BCUT2D eigenvalue weighted by Crippen LogP contribution is -2.29. The fourth-order valence-corrected chi connectivity index (χ4v) is 2.21. The Kier molecular flexibility index (Phi) is 4.16. The van der Waals surface area contributed by atoms with Gasteiger partial charge in [-0.15, -0.1) is 0 Å². The third-order valence-corrected chi connectivity index (χ3v) is 3.10. The smallest absolute Gasteiger partial charge is 0.255 e. The zero-order valence-electron chi connectivity index (χ0n) is 11.5. The van der Waals surface area contributed by atoms with E-state index in [1.54, 1.807) is 13.2 Å². The summed E-state index contributed by atoms with van der Waals surface area (Å²) in [5.74, 6) is 1.58. The number of hydrogen-bond acceptors (Lipinski definition) is 4. The largest absolute Gasteiger partial charge is 0.469 e. The Morgan fingerprint density at radius 1 is 1.47 bits per heavy atom. The number of H-pyrrole nitrogens is 1. The number of nitrogens with zero attached hydrogens (tertiary/aromatic N) is 1. The summed E-state index contributed by atoms with van der Waals surface area (Å²) in [6, 6.07) is 3.78. The standard InChI is InChI=1S/C14H19N3O2/c1-9(15-7-6-12-5-4-8-19-12)13-10(2)16-11(3)17-14(13)18/h4-5,8-9,15H,6-7H2,1-3H3,(H,16,17,18). The average molecular weight is 261 g/mol. The van der Waals surface area contributed by atoms with Crippen molar-refractivity contribution in [1.29, 1.82) is 0 Å². The maximum atomic E-state index is 11.9. The van der Waals surface area contributed by atoms with Crippen LogP contribution in [0.2, 0.25) is 0 Å². The molecule has 19 heavy (non-hydrogen) atoms. The first-order valence-electron chi connectivity index (χ1n) is 6.41. The van der Waals surface area contributed by atoms with Crippen LogP contribution in [-0.2, 0) is 6.42 Å². The monoisotopic (exact) mass is 261 g/mol. The number of nitrogens with one attached hydrogen (secondary N) is 2. The van der Waals surface area contributed by atoms with Gasteiger partial charge in [0, 0.05) is 24.7 Å². The minimum Gasteiger partial charge on any atom is -0.469 e. The van der Waals surface area contributed by atoms with Gasteiger partial charge < -0.3 is 14.7 Å². The van der Waals surface area contributed by atoms with Crippen molar-refractivity contribution in [3.8, 4) is 0 Å². The molecule has 0 fully saturated rings. The number of aromatic nitrogens is 2. The molecule has 2 aromatic heterocycles. The average Bonchev–Trinajstić information content (AvgIpc) is 2.80. The minimum absolute atomic E-state index is 0.0354. The van der Waals surface area contributed by atoms with Gasteiger partial charge in [0.25, 0.3) is 5.56 Å². The van der Waals surface area contributed by atoms with Crippen molar-refractivity contribution in [3.05, 3.63) is 51.6 Å². The lowest BCUT2D eigenvalue weighted by atomic mass is 10.1. The summed E-state index contributed by atoms with van der Waals surface area (Å²) in [5, 5.41) is 3.32. The second-order valence-electron chi connectivity index (χ2n) is 4.66. The predicted octanol–water partition coefficient (Wildman–Crippen LogP) is 1.87. The van der Waals surface area contributed by atoms with E-state index in [1.807, 2.05) is 26.0 Å². The van der Waals surface area contributed by atoms with E-state index in [4.69, 9.17) is 4.42 Å². The first kappa shape index (κ1) is 13.5. The summed E-state index contributed by atoms with van der Waals surface area (Å²) in [6.45, 7) is 6.37. The molecule has 0 saturated heterocycles. The Labute approximate surface area is 112 Å². The molecule has 0 aliphatic heterocycles. The van der Waals surface area contributed by atoms with E-state index in [1.165, 1.54) is 0 Å². The fraction of sp³-hybridized carbons (Fsp3) is 0.429. The second kappa shape index (κ2) is 5.84. The van der Waals surface area contributed by atoms with E-state index in [9.17, 15) is 4.79 Å². The van der Waals surface area contributed by atoms with Gasteiger partial charge >= 0.3 is 0 Å². The van der Waals surface area contributed by atoms with Crippen LogP contribution < -0.4 is 10.9 Å². The van der Waals surface area contributed by atoms with Crippen molar-refractivity contribution in [1.82, 2.24) is 15.3 Å². The molecule has 5 nitrogen and oxygen atoms in total. The van der Waals surface area contributed by atoms with Crippen molar-refractivity contribution < 1.29 is 4.42 Å². The number of hydrogen-bond donors (Lipinski definition) is 2. The van der Waals surface area contributed by atoms with Gasteiger partial charge in [0.05, 0.1) is 11.8 Å². The van der Waals surface area contributed by atoms with Crippen molar-refractivity contribution >= 4 is 0 Å². The van der Waals surface area contributed by atoms with E-state index in [0.29, 0.717) is 11.4 Å². The molecule has 0 aliphatic rings. The van der Waals surface area contributed by atoms with Crippen LogP contribution in [0.3, 0.4) is 0 Å². The highest BCUT2D eigenvalue weighted by atomic mass is 16.3. The molecule has 0 aromatic carbocycles. The summed E-state index contributed by atoms with van der Waals surface area (Å²) >= 11 is 0. The molecule has 0 radical (unpaired) electrons. The van der Waals surface area contributed by atoms with Gasteiger partial charge in [0.15, 0.2) is 0 Å². The number of rotatable bonds is 5. The molecule has 2 aromatic rings. The molecule has 0 saturated carbocycles. The van der Waals surface area contributed by atoms with Crippen LogP contribution in [0.4, 0.5) is 0 Å².